The van der Waals surface area contributed by atoms with Gasteiger partial charge in [0, 0.05) is 17.6 Å². The number of nitrogens with one attached hydrogen (secondary N) is 2. The molecule has 3 atom stereocenters. The fraction of sp³-hybridized carbons (Fsp3) is 0.625. The third-order valence-electron chi connectivity index (χ3n) is 8.04. The number of sulfonamides is 1. The average molecular weight is 468 g/mol. The summed E-state index contributed by atoms with van der Waals surface area (Å²) < 4.78 is 29.5. The first-order chi connectivity index (χ1) is 15.8. The first-order valence-corrected chi connectivity index (χ1v) is 13.2. The molecule has 0 radical (unpaired) electrons. The van der Waals surface area contributed by atoms with Crippen molar-refractivity contribution >= 4 is 15.9 Å². The molecule has 2 N–H and O–H groups in total. The Morgan fingerprint density at radius 2 is 1.76 bits per heavy atom. The summed E-state index contributed by atoms with van der Waals surface area (Å²) in [7, 11) is -3.73. The number of rotatable bonds is 6. The van der Waals surface area contributed by atoms with Crippen LogP contribution in [0.3, 0.4) is 0 Å². The van der Waals surface area contributed by atoms with E-state index in [0.29, 0.717) is 30.4 Å². The second kappa shape index (κ2) is 8.09. The highest BCUT2D eigenvalue weighted by Crippen LogP contribution is 2.57. The molecule has 6 rings (SSSR count). The lowest BCUT2D eigenvalue weighted by molar-refractivity contribution is -0.131. The minimum Gasteiger partial charge on any atom is -0.326 e. The van der Waals surface area contributed by atoms with Crippen LogP contribution in [-0.2, 0) is 14.8 Å². The van der Waals surface area contributed by atoms with Crippen LogP contribution in [0.25, 0.3) is 0 Å². The molecule has 174 valence electrons. The van der Waals surface area contributed by atoms with E-state index < -0.39 is 15.6 Å². The van der Waals surface area contributed by atoms with Crippen molar-refractivity contribution in [3.05, 3.63) is 29.8 Å². The number of carbonyl (C=O) groups is 1. The molecule has 5 fully saturated rings. The van der Waals surface area contributed by atoms with Crippen molar-refractivity contribution in [1.29, 1.82) is 10.5 Å². The van der Waals surface area contributed by atoms with Crippen LogP contribution in [-0.4, -0.2) is 49.4 Å². The summed E-state index contributed by atoms with van der Waals surface area (Å²) in [5.74, 6) is 0.814. The summed E-state index contributed by atoms with van der Waals surface area (Å²) in [4.78, 5) is 14.7. The molecule has 4 saturated carbocycles. The Labute approximate surface area is 195 Å². The van der Waals surface area contributed by atoms with Crippen molar-refractivity contribution in [3.8, 4) is 12.1 Å². The molecule has 4 aliphatic carbocycles. The number of hydrogen-bond donors (Lipinski definition) is 2. The molecular weight excluding hydrogens is 438 g/mol. The van der Waals surface area contributed by atoms with Gasteiger partial charge >= 0.3 is 0 Å². The van der Waals surface area contributed by atoms with Crippen LogP contribution in [0.1, 0.15) is 56.9 Å². The van der Waals surface area contributed by atoms with E-state index in [2.05, 4.69) is 16.1 Å². The summed E-state index contributed by atoms with van der Waals surface area (Å²) in [5, 5.41) is 21.8. The summed E-state index contributed by atoms with van der Waals surface area (Å²) in [6.07, 6.45) is 6.92. The van der Waals surface area contributed by atoms with Crippen molar-refractivity contribution in [2.45, 2.75) is 73.4 Å². The minimum atomic E-state index is -3.73. The maximum absolute atomic E-state index is 13.2. The lowest BCUT2D eigenvalue weighted by atomic mass is 9.50. The van der Waals surface area contributed by atoms with Crippen LogP contribution in [0.15, 0.2) is 29.2 Å². The molecule has 8 nitrogen and oxygen atoms in total. The van der Waals surface area contributed by atoms with E-state index in [0.717, 1.165) is 44.9 Å². The Hall–Kier alpha value is -2.46. The van der Waals surface area contributed by atoms with Crippen molar-refractivity contribution in [3.63, 3.8) is 0 Å². The van der Waals surface area contributed by atoms with E-state index >= 15 is 0 Å². The van der Waals surface area contributed by atoms with Crippen molar-refractivity contribution in [2.24, 2.45) is 11.8 Å². The molecule has 1 amide bonds. The normalized spacial score (nSPS) is 34.7. The maximum Gasteiger partial charge on any atom is 0.241 e. The molecule has 0 aromatic heterocycles. The average Bonchev–Trinajstić information content (AvgIpc) is 3.25. The molecule has 33 heavy (non-hydrogen) atoms. The largest absolute Gasteiger partial charge is 0.326 e. The van der Waals surface area contributed by atoms with E-state index in [9.17, 15) is 18.5 Å². The quantitative estimate of drug-likeness (QED) is 0.659. The predicted molar refractivity (Wildman–Crippen MR) is 120 cm³/mol. The lowest BCUT2D eigenvalue weighted by Crippen LogP contribution is -2.69. The maximum atomic E-state index is 13.2. The van der Waals surface area contributed by atoms with Gasteiger partial charge in [0.15, 0.2) is 0 Å². The number of carbonyl (C=O) groups excluding carboxylic acids is 1. The smallest absolute Gasteiger partial charge is 0.241 e. The van der Waals surface area contributed by atoms with E-state index in [1.807, 2.05) is 6.07 Å². The third kappa shape index (κ3) is 4.14. The molecule has 1 aliphatic heterocycles. The zero-order chi connectivity index (χ0) is 23.3. The van der Waals surface area contributed by atoms with Crippen LogP contribution in [0.5, 0.6) is 0 Å². The van der Waals surface area contributed by atoms with Gasteiger partial charge in [-0.2, -0.15) is 10.5 Å². The van der Waals surface area contributed by atoms with Gasteiger partial charge in [-0.1, -0.05) is 0 Å². The fourth-order valence-electron chi connectivity index (χ4n) is 7.21. The van der Waals surface area contributed by atoms with Crippen LogP contribution in [0.2, 0.25) is 0 Å². The number of amides is 1. The van der Waals surface area contributed by atoms with Gasteiger partial charge in [0.2, 0.25) is 15.9 Å². The molecule has 4 bridgehead atoms. The number of nitrogens with zero attached hydrogens (tertiary/aromatic N) is 3. The SMILES string of the molecule is N#Cc1ccc(S(=O)(=O)NC23CC4CC(CC(NCC(=O)N5CCC[C@@H]5C#N)(C4)C2)C3)cc1. The van der Waals surface area contributed by atoms with Gasteiger partial charge in [-0.3, -0.25) is 4.79 Å². The molecule has 1 heterocycles. The van der Waals surface area contributed by atoms with Crippen LogP contribution >= 0.6 is 0 Å². The number of hydrogen-bond acceptors (Lipinski definition) is 6. The number of benzene rings is 1. The highest BCUT2D eigenvalue weighted by atomic mass is 32.2. The summed E-state index contributed by atoms with van der Waals surface area (Å²) in [6.45, 7) is 0.821. The Morgan fingerprint density at radius 3 is 2.39 bits per heavy atom. The standard InChI is InChI=1S/C24H29N5O3S/c25-13-17-3-5-21(6-4-17)33(31,32)28-24-11-18-8-19(12-24)10-23(9-18,16-24)27-15-22(30)29-7-1-2-20(29)14-26/h3-6,18-20,27-28H,1-2,7-12,15-16H2/t18?,19?,20-,23?,24?/m1/s1. The summed E-state index contributed by atoms with van der Waals surface area (Å²) >= 11 is 0. The molecule has 0 spiro atoms. The first kappa shape index (κ1) is 22.3. The number of nitriles is 2. The number of likely N-dealkylation sites (tertiary alicyclic amines) is 1. The molecule has 2 unspecified atom stereocenters. The van der Waals surface area contributed by atoms with Crippen molar-refractivity contribution < 1.29 is 13.2 Å². The molecule has 1 aromatic carbocycles. The monoisotopic (exact) mass is 467 g/mol. The zero-order valence-corrected chi connectivity index (χ0v) is 19.4. The van der Waals surface area contributed by atoms with Crippen LogP contribution < -0.4 is 10.0 Å². The first-order valence-electron chi connectivity index (χ1n) is 11.7. The highest BCUT2D eigenvalue weighted by Gasteiger charge is 2.58. The Bertz CT molecular complexity index is 1120. The lowest BCUT2D eigenvalue weighted by Gasteiger charge is -2.62. The topological polar surface area (TPSA) is 126 Å². The van der Waals surface area contributed by atoms with Crippen LogP contribution in [0.4, 0.5) is 0 Å². The van der Waals surface area contributed by atoms with E-state index in [4.69, 9.17) is 5.26 Å². The van der Waals surface area contributed by atoms with E-state index in [1.54, 1.807) is 4.90 Å². The molecule has 9 heteroatoms. The molecule has 1 saturated heterocycles. The Balaban J connectivity index is 1.32. The second-order valence-corrected chi connectivity index (χ2v) is 12.2. The molecule has 1 aromatic rings. The summed E-state index contributed by atoms with van der Waals surface area (Å²) in [5.41, 5.74) is -0.349. The minimum absolute atomic E-state index is 0.0398. The predicted octanol–water partition coefficient (Wildman–Crippen LogP) is 2.03. The molecule has 5 aliphatic rings. The highest BCUT2D eigenvalue weighted by molar-refractivity contribution is 7.89. The van der Waals surface area contributed by atoms with Gasteiger partial charge in [-0.15, -0.1) is 0 Å². The second-order valence-electron chi connectivity index (χ2n) is 10.5. The van der Waals surface area contributed by atoms with Gasteiger partial charge in [-0.25, -0.2) is 13.1 Å². The Kier molecular flexibility index (Phi) is 5.48. The van der Waals surface area contributed by atoms with E-state index in [-0.39, 0.29) is 28.9 Å². The van der Waals surface area contributed by atoms with Gasteiger partial charge in [0.1, 0.15) is 6.04 Å². The van der Waals surface area contributed by atoms with E-state index in [1.165, 1.54) is 24.3 Å². The van der Waals surface area contributed by atoms with Gasteiger partial charge in [0.25, 0.3) is 0 Å². The fourth-order valence-corrected chi connectivity index (χ4v) is 8.63. The van der Waals surface area contributed by atoms with Crippen molar-refractivity contribution in [2.75, 3.05) is 13.1 Å². The van der Waals surface area contributed by atoms with Gasteiger partial charge < -0.3 is 10.2 Å². The van der Waals surface area contributed by atoms with Crippen LogP contribution in [0, 0.1) is 34.5 Å². The Morgan fingerprint density at radius 1 is 1.09 bits per heavy atom. The zero-order valence-electron chi connectivity index (χ0n) is 18.6. The molecular formula is C24H29N5O3S. The van der Waals surface area contributed by atoms with Crippen molar-refractivity contribution in [1.82, 2.24) is 14.9 Å². The van der Waals surface area contributed by atoms with Gasteiger partial charge in [-0.05, 0) is 87.5 Å². The third-order valence-corrected chi connectivity index (χ3v) is 9.64. The summed E-state index contributed by atoms with van der Waals surface area (Å²) in [6, 6.07) is 9.92. The van der Waals surface area contributed by atoms with Gasteiger partial charge in [0.05, 0.1) is 29.1 Å².